The molecule has 78 valence electrons. The standard InChI is InChI=1S/C11H24N2/c1-3-13(2)10-11(9-12)7-5-4-6-8-11/h3-10,12H2,1-2H3. The maximum absolute atomic E-state index is 5.91. The molecule has 1 saturated carbocycles. The van der Waals surface area contributed by atoms with Gasteiger partial charge in [-0.15, -0.1) is 0 Å². The minimum absolute atomic E-state index is 0.447. The molecular formula is C11H24N2. The van der Waals surface area contributed by atoms with Gasteiger partial charge in [0.1, 0.15) is 0 Å². The van der Waals surface area contributed by atoms with E-state index < -0.39 is 0 Å². The van der Waals surface area contributed by atoms with Crippen molar-refractivity contribution in [3.05, 3.63) is 0 Å². The van der Waals surface area contributed by atoms with Crippen LogP contribution in [0.15, 0.2) is 0 Å². The van der Waals surface area contributed by atoms with Crippen molar-refractivity contribution in [2.75, 3.05) is 26.7 Å². The van der Waals surface area contributed by atoms with E-state index in [-0.39, 0.29) is 0 Å². The summed E-state index contributed by atoms with van der Waals surface area (Å²) >= 11 is 0. The molecule has 0 aromatic heterocycles. The predicted molar refractivity (Wildman–Crippen MR) is 57.7 cm³/mol. The van der Waals surface area contributed by atoms with Crippen LogP contribution < -0.4 is 5.73 Å². The molecule has 0 amide bonds. The first kappa shape index (κ1) is 11.0. The molecule has 0 atom stereocenters. The average molecular weight is 184 g/mol. The lowest BCUT2D eigenvalue weighted by atomic mass is 9.74. The van der Waals surface area contributed by atoms with Crippen LogP contribution in [0.2, 0.25) is 0 Å². The molecule has 1 aliphatic carbocycles. The number of hydrogen-bond donors (Lipinski definition) is 1. The smallest absolute Gasteiger partial charge is 0.00469 e. The first-order chi connectivity index (χ1) is 6.22. The third-order valence-electron chi connectivity index (χ3n) is 3.49. The Morgan fingerprint density at radius 3 is 2.31 bits per heavy atom. The Bertz CT molecular complexity index is 139. The van der Waals surface area contributed by atoms with Crippen LogP contribution in [0.5, 0.6) is 0 Å². The van der Waals surface area contributed by atoms with Gasteiger partial charge in [0.15, 0.2) is 0 Å². The largest absolute Gasteiger partial charge is 0.330 e. The first-order valence-electron chi connectivity index (χ1n) is 5.61. The van der Waals surface area contributed by atoms with E-state index in [1.54, 1.807) is 0 Å². The Hall–Kier alpha value is -0.0800. The molecule has 0 saturated heterocycles. The molecule has 0 aromatic carbocycles. The van der Waals surface area contributed by atoms with Crippen LogP contribution in [0.3, 0.4) is 0 Å². The SMILES string of the molecule is CCN(C)CC1(CN)CCCCC1. The molecule has 0 aliphatic heterocycles. The van der Waals surface area contributed by atoms with Crippen molar-refractivity contribution in [1.82, 2.24) is 4.90 Å². The van der Waals surface area contributed by atoms with Gasteiger partial charge >= 0.3 is 0 Å². The highest BCUT2D eigenvalue weighted by molar-refractivity contribution is 4.85. The van der Waals surface area contributed by atoms with E-state index in [1.165, 1.54) is 38.6 Å². The maximum Gasteiger partial charge on any atom is 0.00469 e. The Morgan fingerprint density at radius 1 is 1.23 bits per heavy atom. The summed E-state index contributed by atoms with van der Waals surface area (Å²) in [6.45, 7) is 5.42. The fraction of sp³-hybridized carbons (Fsp3) is 1.00. The second kappa shape index (κ2) is 4.97. The van der Waals surface area contributed by atoms with Crippen molar-refractivity contribution in [3.63, 3.8) is 0 Å². The van der Waals surface area contributed by atoms with Gasteiger partial charge in [-0.25, -0.2) is 0 Å². The van der Waals surface area contributed by atoms with Crippen LogP contribution in [0.25, 0.3) is 0 Å². The van der Waals surface area contributed by atoms with Crippen LogP contribution >= 0.6 is 0 Å². The highest BCUT2D eigenvalue weighted by Crippen LogP contribution is 2.35. The van der Waals surface area contributed by atoms with Gasteiger partial charge in [-0.1, -0.05) is 26.2 Å². The van der Waals surface area contributed by atoms with Crippen molar-refractivity contribution >= 4 is 0 Å². The minimum Gasteiger partial charge on any atom is -0.330 e. The summed E-state index contributed by atoms with van der Waals surface area (Å²) in [5, 5.41) is 0. The summed E-state index contributed by atoms with van der Waals surface area (Å²) in [6, 6.07) is 0. The maximum atomic E-state index is 5.91. The lowest BCUT2D eigenvalue weighted by Gasteiger charge is -2.39. The molecule has 2 heteroatoms. The highest BCUT2D eigenvalue weighted by atomic mass is 15.1. The van der Waals surface area contributed by atoms with Gasteiger partial charge in [-0.2, -0.15) is 0 Å². The van der Waals surface area contributed by atoms with E-state index in [0.717, 1.165) is 13.1 Å². The third-order valence-corrected chi connectivity index (χ3v) is 3.49. The molecule has 1 fully saturated rings. The average Bonchev–Trinajstić information content (AvgIpc) is 2.19. The molecule has 1 rings (SSSR count). The Morgan fingerprint density at radius 2 is 1.85 bits per heavy atom. The quantitative estimate of drug-likeness (QED) is 0.722. The fourth-order valence-electron chi connectivity index (χ4n) is 2.41. The van der Waals surface area contributed by atoms with Crippen LogP contribution in [0, 0.1) is 5.41 Å². The number of hydrogen-bond acceptors (Lipinski definition) is 2. The van der Waals surface area contributed by atoms with E-state index in [1.807, 2.05) is 0 Å². The molecule has 0 radical (unpaired) electrons. The third kappa shape index (κ3) is 2.96. The van der Waals surface area contributed by atoms with Gasteiger partial charge in [0.25, 0.3) is 0 Å². The molecule has 0 aromatic rings. The molecule has 0 unspecified atom stereocenters. The van der Waals surface area contributed by atoms with Gasteiger partial charge < -0.3 is 10.6 Å². The normalized spacial score (nSPS) is 22.2. The molecule has 13 heavy (non-hydrogen) atoms. The van der Waals surface area contributed by atoms with Crippen LogP contribution in [0.4, 0.5) is 0 Å². The van der Waals surface area contributed by atoms with Crippen molar-refractivity contribution in [2.45, 2.75) is 39.0 Å². The number of nitrogens with two attached hydrogens (primary N) is 1. The zero-order valence-electron chi connectivity index (χ0n) is 9.18. The topological polar surface area (TPSA) is 29.3 Å². The second-order valence-electron chi connectivity index (χ2n) is 4.60. The summed E-state index contributed by atoms with van der Waals surface area (Å²) in [7, 11) is 2.20. The van der Waals surface area contributed by atoms with E-state index >= 15 is 0 Å². The second-order valence-corrected chi connectivity index (χ2v) is 4.60. The van der Waals surface area contributed by atoms with Crippen LogP contribution in [-0.2, 0) is 0 Å². The molecule has 2 N–H and O–H groups in total. The molecular weight excluding hydrogens is 160 g/mol. The minimum atomic E-state index is 0.447. The molecule has 0 heterocycles. The fourth-order valence-corrected chi connectivity index (χ4v) is 2.41. The lowest BCUT2D eigenvalue weighted by Crippen LogP contribution is -2.42. The van der Waals surface area contributed by atoms with E-state index in [0.29, 0.717) is 5.41 Å². The summed E-state index contributed by atoms with van der Waals surface area (Å²) in [5.74, 6) is 0. The van der Waals surface area contributed by atoms with Crippen LogP contribution in [-0.4, -0.2) is 31.6 Å². The summed E-state index contributed by atoms with van der Waals surface area (Å²) in [6.07, 6.45) is 6.86. The van der Waals surface area contributed by atoms with Crippen molar-refractivity contribution in [3.8, 4) is 0 Å². The zero-order valence-corrected chi connectivity index (χ0v) is 9.18. The van der Waals surface area contributed by atoms with Crippen LogP contribution in [0.1, 0.15) is 39.0 Å². The van der Waals surface area contributed by atoms with Crippen molar-refractivity contribution < 1.29 is 0 Å². The number of rotatable bonds is 4. The molecule has 1 aliphatic rings. The van der Waals surface area contributed by atoms with Gasteiger partial charge in [-0.05, 0) is 38.4 Å². The molecule has 0 spiro atoms. The summed E-state index contributed by atoms with van der Waals surface area (Å²) in [4.78, 5) is 2.40. The summed E-state index contributed by atoms with van der Waals surface area (Å²) in [5.41, 5.74) is 6.36. The van der Waals surface area contributed by atoms with E-state index in [2.05, 4.69) is 18.9 Å². The van der Waals surface area contributed by atoms with Crippen molar-refractivity contribution in [2.24, 2.45) is 11.1 Å². The van der Waals surface area contributed by atoms with Gasteiger partial charge in [0, 0.05) is 6.54 Å². The Kier molecular flexibility index (Phi) is 4.20. The zero-order chi connectivity index (χ0) is 9.73. The first-order valence-corrected chi connectivity index (χ1v) is 5.61. The lowest BCUT2D eigenvalue weighted by molar-refractivity contribution is 0.131. The van der Waals surface area contributed by atoms with Gasteiger partial charge in [-0.3, -0.25) is 0 Å². The van der Waals surface area contributed by atoms with Gasteiger partial charge in [0.2, 0.25) is 0 Å². The van der Waals surface area contributed by atoms with E-state index in [4.69, 9.17) is 5.73 Å². The predicted octanol–water partition coefficient (Wildman–Crippen LogP) is 1.85. The monoisotopic (exact) mass is 184 g/mol. The van der Waals surface area contributed by atoms with Crippen molar-refractivity contribution in [1.29, 1.82) is 0 Å². The number of nitrogens with zero attached hydrogens (tertiary/aromatic N) is 1. The Labute approximate surface area is 82.5 Å². The van der Waals surface area contributed by atoms with Gasteiger partial charge in [0.05, 0.1) is 0 Å². The highest BCUT2D eigenvalue weighted by Gasteiger charge is 2.31. The summed E-state index contributed by atoms with van der Waals surface area (Å²) < 4.78 is 0. The molecule has 0 bridgehead atoms. The van der Waals surface area contributed by atoms with E-state index in [9.17, 15) is 0 Å². The molecule has 2 nitrogen and oxygen atoms in total. The Balaban J connectivity index is 2.47.